The second-order valence-corrected chi connectivity index (χ2v) is 22.3. The van der Waals surface area contributed by atoms with Gasteiger partial charge in [-0.2, -0.15) is 0 Å². The number of fused-ring (bicyclic) bond motifs is 7. The van der Waals surface area contributed by atoms with Crippen LogP contribution >= 0.6 is 0 Å². The number of guanidine groups is 1. The van der Waals surface area contributed by atoms with Crippen molar-refractivity contribution in [3.05, 3.63) is 35.7 Å². The number of H-pyrrole nitrogens is 1. The van der Waals surface area contributed by atoms with E-state index in [4.69, 9.17) is 16.2 Å². The van der Waals surface area contributed by atoms with Crippen LogP contribution in [0.25, 0.3) is 0 Å². The van der Waals surface area contributed by atoms with Crippen molar-refractivity contribution < 1.29 is 39.9 Å². The number of rotatable bonds is 7. The number of carbonyl (C=O) groups excluding carboxylic acids is 2. The first-order chi connectivity index (χ1) is 29.2. The first-order valence-electron chi connectivity index (χ1n) is 23.8. The van der Waals surface area contributed by atoms with Crippen LogP contribution in [0, 0.1) is 93.7 Å². The minimum absolute atomic E-state index is 0.00214. The van der Waals surface area contributed by atoms with E-state index in [0.29, 0.717) is 37.2 Å². The number of ether oxygens (including phenoxy) is 1. The summed E-state index contributed by atoms with van der Waals surface area (Å²) in [6, 6.07) is 1.94. The monoisotopic (exact) mass is 859 g/mol. The normalized spacial score (nSPS) is 47.8. The highest BCUT2D eigenvalue weighted by atomic mass is 16.5. The topological polar surface area (TPSA) is 225 Å². The predicted octanol–water partition coefficient (Wildman–Crippen LogP) is 4.83. The predicted molar refractivity (Wildman–Crippen MR) is 236 cm³/mol. The highest BCUT2D eigenvalue weighted by Gasteiger charge is 2.77. The highest BCUT2D eigenvalue weighted by molar-refractivity contribution is 5.95. The highest BCUT2D eigenvalue weighted by Crippen LogP contribution is 2.76. The van der Waals surface area contributed by atoms with Crippen molar-refractivity contribution in [2.45, 2.75) is 148 Å². The summed E-state index contributed by atoms with van der Waals surface area (Å²) >= 11 is 0. The van der Waals surface area contributed by atoms with Gasteiger partial charge in [-0.15, -0.1) is 5.92 Å². The molecule has 12 nitrogen and oxygen atoms in total. The van der Waals surface area contributed by atoms with Crippen LogP contribution in [-0.2, 0) is 14.3 Å². The lowest BCUT2D eigenvalue weighted by molar-refractivity contribution is -0.226. The maximum atomic E-state index is 14.4. The number of cyclic esters (lactones) is 1. The first kappa shape index (κ1) is 45.4. The molecule has 0 radical (unpaired) electrons. The molecule has 1 aromatic rings. The Balaban J connectivity index is 1.28. The van der Waals surface area contributed by atoms with E-state index in [9.17, 15) is 35.1 Å². The summed E-state index contributed by atoms with van der Waals surface area (Å²) in [5.41, 5.74) is 8.54. The molecule has 19 unspecified atom stereocenters. The number of aliphatic hydroxyl groups is 5. The molecular weight excluding hydrogens is 785 g/mol. The van der Waals surface area contributed by atoms with E-state index >= 15 is 0 Å². The largest absolute Gasteiger partial charge is 0.465 e. The fourth-order valence-corrected chi connectivity index (χ4v) is 15.4. The van der Waals surface area contributed by atoms with E-state index in [1.807, 2.05) is 18.5 Å². The molecule has 342 valence electrons. The Hall–Kier alpha value is -3.21. The van der Waals surface area contributed by atoms with Gasteiger partial charge in [0, 0.05) is 54.4 Å². The molecule has 5 fully saturated rings. The number of hydrogen-bond acceptors (Lipinski definition) is 9. The molecule has 4 saturated carbocycles. The standard InChI is InChI=1S/C50H74N4O8/c1-26(2)10-11-29-17-30(35-25-62-45(59)42(35)33-14-15-53-23-33)8-7-9-32-21-50(61)37-19-38(55)36-18-39(56)40(57)22-47(36,5)43(37)31-12-13-34(24-54-46(51)52)49(50,20-31)44(32)48(6,60)41(58)16-27(3)28(29)4/h14-15,19,23,26-32,34-36,39-44,53,56-58,60-61H,9-13,16-18,20-22,24-25H2,1-6H3,(H4,51,52,54). The zero-order valence-corrected chi connectivity index (χ0v) is 37.8. The second-order valence-electron chi connectivity index (χ2n) is 22.3. The molecule has 2 heterocycles. The number of aromatic amines is 1. The van der Waals surface area contributed by atoms with Crippen LogP contribution in [0.5, 0.6) is 0 Å². The zero-order chi connectivity index (χ0) is 44.7. The second kappa shape index (κ2) is 16.7. The van der Waals surface area contributed by atoms with E-state index in [0.717, 1.165) is 31.2 Å². The van der Waals surface area contributed by atoms with Crippen LogP contribution in [0.3, 0.4) is 0 Å². The fraction of sp³-hybridized carbons (Fsp3) is 0.780. The van der Waals surface area contributed by atoms with Gasteiger partial charge in [0.1, 0.15) is 0 Å². The van der Waals surface area contributed by atoms with Gasteiger partial charge >= 0.3 is 5.97 Å². The van der Waals surface area contributed by atoms with Crippen molar-refractivity contribution in [3.63, 3.8) is 0 Å². The molecule has 19 atom stereocenters. The summed E-state index contributed by atoms with van der Waals surface area (Å²) in [6.07, 6.45) is 8.27. The molecule has 6 aliphatic carbocycles. The Kier molecular flexibility index (Phi) is 12.2. The summed E-state index contributed by atoms with van der Waals surface area (Å²) in [7, 11) is 0. The maximum absolute atomic E-state index is 14.4. The van der Waals surface area contributed by atoms with Crippen LogP contribution in [0.15, 0.2) is 35.1 Å². The van der Waals surface area contributed by atoms with Gasteiger partial charge in [0.15, 0.2) is 11.7 Å². The SMILES string of the molecule is CC(C)CCC1CC(C2COC(=O)C2c2cc[nH]c2)C#CCC2CC3(O)C4=CC(=O)C5CC(O)C(O)CC5(C)C4C4CCC(CN=C(N)N)C3(C4)C2C(C)(O)C(O)CC(C)C1C. The first-order valence-corrected chi connectivity index (χ1v) is 23.8. The Bertz CT molecular complexity index is 1970. The summed E-state index contributed by atoms with van der Waals surface area (Å²) in [5, 5.41) is 61.9. The Morgan fingerprint density at radius 1 is 1.02 bits per heavy atom. The average molecular weight is 859 g/mol. The number of esters is 1. The number of nitrogens with one attached hydrogen (secondary N) is 1. The van der Waals surface area contributed by atoms with Gasteiger partial charge in [0.2, 0.25) is 0 Å². The lowest BCUT2D eigenvalue weighted by Gasteiger charge is -2.67. The van der Waals surface area contributed by atoms with Crippen LogP contribution < -0.4 is 11.5 Å². The smallest absolute Gasteiger partial charge is 0.313 e. The number of nitrogens with zero attached hydrogens (tertiary/aromatic N) is 1. The lowest BCUT2D eigenvalue weighted by Crippen LogP contribution is -2.69. The molecule has 2 bridgehead atoms. The van der Waals surface area contributed by atoms with Crippen LogP contribution in [0.1, 0.15) is 124 Å². The maximum Gasteiger partial charge on any atom is 0.313 e. The van der Waals surface area contributed by atoms with E-state index in [1.54, 1.807) is 13.0 Å². The van der Waals surface area contributed by atoms with E-state index in [1.165, 1.54) is 0 Å². The average Bonchev–Trinajstić information content (AvgIpc) is 3.93. The van der Waals surface area contributed by atoms with Gasteiger partial charge in [-0.05, 0) is 141 Å². The van der Waals surface area contributed by atoms with Crippen molar-refractivity contribution in [3.8, 4) is 11.8 Å². The number of nitrogens with two attached hydrogens (primary N) is 2. The Morgan fingerprint density at radius 3 is 2.47 bits per heavy atom. The third-order valence-electron chi connectivity index (χ3n) is 18.5. The number of allylic oxidation sites excluding steroid dienone is 1. The minimum Gasteiger partial charge on any atom is -0.465 e. The van der Waals surface area contributed by atoms with Crippen LogP contribution in [0.4, 0.5) is 0 Å². The molecule has 1 saturated heterocycles. The number of aliphatic hydroxyl groups excluding tert-OH is 3. The number of ketones is 1. The fourth-order valence-electron chi connectivity index (χ4n) is 15.4. The van der Waals surface area contributed by atoms with E-state index in [2.05, 4.69) is 56.4 Å². The number of aromatic nitrogens is 1. The molecule has 1 spiro atoms. The van der Waals surface area contributed by atoms with Crippen LogP contribution in [0.2, 0.25) is 0 Å². The summed E-state index contributed by atoms with van der Waals surface area (Å²) < 4.78 is 5.82. The van der Waals surface area contributed by atoms with Gasteiger partial charge in [-0.25, -0.2) is 0 Å². The molecule has 8 rings (SSSR count). The number of carbonyl (C=O) groups is 2. The lowest BCUT2D eigenvalue weighted by atomic mass is 9.38. The Labute approximate surface area is 368 Å². The summed E-state index contributed by atoms with van der Waals surface area (Å²) in [4.78, 5) is 35.5. The quantitative estimate of drug-likeness (QED) is 0.0807. The molecule has 0 aromatic carbocycles. The molecule has 10 N–H and O–H groups in total. The molecular formula is C50H74N4O8. The van der Waals surface area contributed by atoms with Crippen molar-refractivity contribution in [2.24, 2.45) is 98.3 Å². The summed E-state index contributed by atoms with van der Waals surface area (Å²) in [6.45, 7) is 13.2. The van der Waals surface area contributed by atoms with E-state index < -0.39 is 64.0 Å². The molecule has 1 aliphatic heterocycles. The molecule has 1 aromatic heterocycles. The van der Waals surface area contributed by atoms with Crippen molar-refractivity contribution in [1.82, 2.24) is 4.98 Å². The minimum atomic E-state index is -1.68. The molecule has 62 heavy (non-hydrogen) atoms. The van der Waals surface area contributed by atoms with Crippen molar-refractivity contribution >= 4 is 17.7 Å². The van der Waals surface area contributed by atoms with Gasteiger partial charge in [0.25, 0.3) is 0 Å². The Morgan fingerprint density at radius 2 is 1.77 bits per heavy atom. The number of hydrogen-bond donors (Lipinski definition) is 8. The molecule has 12 heteroatoms. The van der Waals surface area contributed by atoms with Crippen molar-refractivity contribution in [2.75, 3.05) is 13.2 Å². The van der Waals surface area contributed by atoms with Gasteiger partial charge < -0.3 is 46.7 Å². The van der Waals surface area contributed by atoms with Crippen LogP contribution in [-0.4, -0.2) is 90.9 Å². The number of aliphatic imine (C=N–C) groups is 1. The van der Waals surface area contributed by atoms with E-state index in [-0.39, 0.29) is 97.5 Å². The zero-order valence-electron chi connectivity index (χ0n) is 37.8. The third kappa shape index (κ3) is 7.28. The van der Waals surface area contributed by atoms with Gasteiger partial charge in [-0.1, -0.05) is 47.0 Å². The molecule has 7 aliphatic rings. The third-order valence-corrected chi connectivity index (χ3v) is 18.5. The van der Waals surface area contributed by atoms with Gasteiger partial charge in [0.05, 0.1) is 42.0 Å². The van der Waals surface area contributed by atoms with Crippen molar-refractivity contribution in [1.29, 1.82) is 0 Å². The molecule has 0 amide bonds. The van der Waals surface area contributed by atoms with Gasteiger partial charge in [-0.3, -0.25) is 14.6 Å². The summed E-state index contributed by atoms with van der Waals surface area (Å²) in [5.74, 6) is 4.95.